The van der Waals surface area contributed by atoms with Gasteiger partial charge in [-0.25, -0.2) is 9.97 Å². The minimum Gasteiger partial charge on any atom is -0.391 e. The van der Waals surface area contributed by atoms with Crippen LogP contribution in [0.1, 0.15) is 24.2 Å². The number of nitrogens with one attached hydrogen (secondary N) is 1. The average Bonchev–Trinajstić information content (AvgIpc) is 3.13. The van der Waals surface area contributed by atoms with E-state index >= 15 is 0 Å². The molecule has 0 aromatic carbocycles. The minimum atomic E-state index is -0.288. The van der Waals surface area contributed by atoms with Crippen LogP contribution in [0, 0.1) is 6.92 Å². The summed E-state index contributed by atoms with van der Waals surface area (Å²) in [6, 6.07) is 7.75. The van der Waals surface area contributed by atoms with E-state index in [1.165, 1.54) is 0 Å². The van der Waals surface area contributed by atoms with Crippen molar-refractivity contribution in [3.05, 3.63) is 48.0 Å². The summed E-state index contributed by atoms with van der Waals surface area (Å²) < 4.78 is 5.16. The number of nitrogens with zero attached hydrogens (tertiary/aromatic N) is 5. The number of aliphatic hydroxyl groups excluding tert-OH is 1. The lowest BCUT2D eigenvalue weighted by Gasteiger charge is -2.32. The number of pyridine rings is 2. The summed E-state index contributed by atoms with van der Waals surface area (Å²) >= 11 is 0. The van der Waals surface area contributed by atoms with Crippen LogP contribution in [0.2, 0.25) is 0 Å². The van der Waals surface area contributed by atoms with E-state index in [0.29, 0.717) is 24.8 Å². The number of rotatable bonds is 5. The summed E-state index contributed by atoms with van der Waals surface area (Å²) in [6.07, 6.45) is 5.04. The van der Waals surface area contributed by atoms with Gasteiger partial charge in [0.05, 0.1) is 11.7 Å². The molecule has 27 heavy (non-hydrogen) atoms. The molecule has 1 saturated heterocycles. The van der Waals surface area contributed by atoms with Gasteiger partial charge in [0.2, 0.25) is 0 Å². The first-order valence-electron chi connectivity index (χ1n) is 9.06. The summed E-state index contributed by atoms with van der Waals surface area (Å²) in [7, 11) is 0. The molecule has 3 aromatic rings. The van der Waals surface area contributed by atoms with E-state index in [4.69, 9.17) is 4.52 Å². The molecule has 0 saturated carbocycles. The van der Waals surface area contributed by atoms with Crippen LogP contribution in [-0.4, -0.2) is 44.4 Å². The van der Waals surface area contributed by atoms with Gasteiger partial charge in [-0.3, -0.25) is 0 Å². The second kappa shape index (κ2) is 7.71. The van der Waals surface area contributed by atoms with Crippen molar-refractivity contribution >= 4 is 11.6 Å². The fraction of sp³-hybridized carbons (Fsp3) is 0.368. The Labute approximate surface area is 157 Å². The fourth-order valence-corrected chi connectivity index (χ4v) is 3.23. The average molecular weight is 366 g/mol. The van der Waals surface area contributed by atoms with Gasteiger partial charge in [-0.1, -0.05) is 11.2 Å². The van der Waals surface area contributed by atoms with Gasteiger partial charge in [-0.2, -0.15) is 4.98 Å². The Balaban J connectivity index is 1.44. The van der Waals surface area contributed by atoms with E-state index in [1.54, 1.807) is 19.3 Å². The highest BCUT2D eigenvalue weighted by atomic mass is 16.5. The van der Waals surface area contributed by atoms with Crippen LogP contribution in [0.15, 0.2) is 41.2 Å². The standard InChI is InChI=1S/C19H22N6O2/c1-13-23-19(27-24-13)15-6-7-17(22-11-15)21-10-14-4-2-8-20-18(14)25-9-3-5-16(26)12-25/h2,4,6-8,11,16,26H,3,5,9-10,12H2,1H3,(H,21,22). The molecule has 1 unspecified atom stereocenters. The van der Waals surface area contributed by atoms with E-state index in [2.05, 4.69) is 30.3 Å². The van der Waals surface area contributed by atoms with Crippen LogP contribution in [-0.2, 0) is 6.54 Å². The van der Waals surface area contributed by atoms with Crippen LogP contribution in [0.3, 0.4) is 0 Å². The molecular weight excluding hydrogens is 344 g/mol. The van der Waals surface area contributed by atoms with Gasteiger partial charge in [0.25, 0.3) is 5.89 Å². The van der Waals surface area contributed by atoms with Gasteiger partial charge in [0.15, 0.2) is 5.82 Å². The Kier molecular flexibility index (Phi) is 4.97. The lowest BCUT2D eigenvalue weighted by atomic mass is 10.1. The largest absolute Gasteiger partial charge is 0.391 e. The third-order valence-electron chi connectivity index (χ3n) is 4.56. The lowest BCUT2D eigenvalue weighted by Crippen LogP contribution is -2.39. The number of hydrogen-bond acceptors (Lipinski definition) is 8. The second-order valence-electron chi connectivity index (χ2n) is 6.66. The zero-order valence-corrected chi connectivity index (χ0v) is 15.2. The van der Waals surface area contributed by atoms with Gasteiger partial charge in [0, 0.05) is 37.6 Å². The third kappa shape index (κ3) is 4.06. The van der Waals surface area contributed by atoms with Gasteiger partial charge < -0.3 is 19.8 Å². The zero-order valence-electron chi connectivity index (χ0n) is 15.2. The maximum atomic E-state index is 9.95. The predicted molar refractivity (Wildman–Crippen MR) is 101 cm³/mol. The third-order valence-corrected chi connectivity index (χ3v) is 4.56. The fourth-order valence-electron chi connectivity index (χ4n) is 3.23. The highest BCUT2D eigenvalue weighted by Gasteiger charge is 2.20. The molecule has 1 atom stereocenters. The van der Waals surface area contributed by atoms with Crippen molar-refractivity contribution in [2.24, 2.45) is 0 Å². The van der Waals surface area contributed by atoms with E-state index in [0.717, 1.165) is 42.1 Å². The summed E-state index contributed by atoms with van der Waals surface area (Å²) in [6.45, 7) is 3.92. The van der Waals surface area contributed by atoms with E-state index in [9.17, 15) is 5.11 Å². The molecule has 0 spiro atoms. The summed E-state index contributed by atoms with van der Waals surface area (Å²) in [5, 5.41) is 17.1. The Morgan fingerprint density at radius 3 is 2.96 bits per heavy atom. The molecule has 8 heteroatoms. The molecule has 0 amide bonds. The SMILES string of the molecule is Cc1noc(-c2ccc(NCc3cccnc3N3CCCC(O)C3)nc2)n1. The normalized spacial score (nSPS) is 17.1. The Morgan fingerprint density at radius 2 is 2.22 bits per heavy atom. The molecule has 3 aromatic heterocycles. The topological polar surface area (TPSA) is 100 Å². The molecule has 4 heterocycles. The molecule has 0 bridgehead atoms. The van der Waals surface area contributed by atoms with Crippen molar-refractivity contribution in [3.8, 4) is 11.5 Å². The number of hydrogen-bond donors (Lipinski definition) is 2. The Hall–Kier alpha value is -3.00. The molecule has 140 valence electrons. The van der Waals surface area contributed by atoms with Crippen molar-refractivity contribution in [1.29, 1.82) is 0 Å². The van der Waals surface area contributed by atoms with E-state index in [-0.39, 0.29) is 6.10 Å². The van der Waals surface area contributed by atoms with Crippen molar-refractivity contribution in [1.82, 2.24) is 20.1 Å². The van der Waals surface area contributed by atoms with Gasteiger partial charge >= 0.3 is 0 Å². The van der Waals surface area contributed by atoms with Crippen LogP contribution >= 0.6 is 0 Å². The molecule has 1 aliphatic heterocycles. The van der Waals surface area contributed by atoms with Gasteiger partial charge in [-0.05, 0) is 38.0 Å². The Bertz CT molecular complexity index is 895. The number of aliphatic hydroxyl groups is 1. The molecule has 4 rings (SSSR count). The highest BCUT2D eigenvalue weighted by molar-refractivity contribution is 5.55. The van der Waals surface area contributed by atoms with Gasteiger partial charge in [-0.15, -0.1) is 0 Å². The van der Waals surface area contributed by atoms with Crippen molar-refractivity contribution in [2.45, 2.75) is 32.4 Å². The molecule has 1 fully saturated rings. The van der Waals surface area contributed by atoms with Crippen LogP contribution < -0.4 is 10.2 Å². The summed E-state index contributed by atoms with van der Waals surface area (Å²) in [5.41, 5.74) is 1.86. The van der Waals surface area contributed by atoms with Crippen molar-refractivity contribution in [2.75, 3.05) is 23.3 Å². The van der Waals surface area contributed by atoms with Crippen LogP contribution in [0.5, 0.6) is 0 Å². The first-order valence-corrected chi connectivity index (χ1v) is 9.06. The van der Waals surface area contributed by atoms with Crippen molar-refractivity contribution < 1.29 is 9.63 Å². The maximum absolute atomic E-state index is 9.95. The highest BCUT2D eigenvalue weighted by Crippen LogP contribution is 2.23. The van der Waals surface area contributed by atoms with Crippen LogP contribution in [0.25, 0.3) is 11.5 Å². The van der Waals surface area contributed by atoms with Crippen LogP contribution in [0.4, 0.5) is 11.6 Å². The molecule has 0 aliphatic carbocycles. The molecule has 8 nitrogen and oxygen atoms in total. The zero-order chi connectivity index (χ0) is 18.6. The quantitative estimate of drug-likeness (QED) is 0.710. The minimum absolute atomic E-state index is 0.288. The predicted octanol–water partition coefficient (Wildman–Crippen LogP) is 2.41. The van der Waals surface area contributed by atoms with E-state index < -0.39 is 0 Å². The monoisotopic (exact) mass is 366 g/mol. The Morgan fingerprint density at radius 1 is 1.30 bits per heavy atom. The lowest BCUT2D eigenvalue weighted by molar-refractivity contribution is 0.154. The number of piperidine rings is 1. The number of anilines is 2. The van der Waals surface area contributed by atoms with Crippen molar-refractivity contribution in [3.63, 3.8) is 0 Å². The first-order chi connectivity index (χ1) is 13.2. The number of β-amino-alcohol motifs (C(OH)–C–C–N with tert-alkyl or cyclic N) is 1. The number of aromatic nitrogens is 4. The second-order valence-corrected chi connectivity index (χ2v) is 6.66. The van der Waals surface area contributed by atoms with Gasteiger partial charge in [0.1, 0.15) is 11.6 Å². The molecule has 0 radical (unpaired) electrons. The first kappa shape index (κ1) is 17.4. The molecular formula is C19H22N6O2. The maximum Gasteiger partial charge on any atom is 0.259 e. The summed E-state index contributed by atoms with van der Waals surface area (Å²) in [4.78, 5) is 15.3. The molecule has 1 aliphatic rings. The number of aryl methyl sites for hydroxylation is 1. The van der Waals surface area contributed by atoms with E-state index in [1.807, 2.05) is 24.3 Å². The molecule has 2 N–H and O–H groups in total. The smallest absolute Gasteiger partial charge is 0.259 e. The summed E-state index contributed by atoms with van der Waals surface area (Å²) in [5.74, 6) is 2.73.